The van der Waals surface area contributed by atoms with Crippen molar-refractivity contribution in [1.29, 1.82) is 0 Å². The molecule has 118 valence electrons. The molecule has 2 aliphatic rings. The molecule has 23 heavy (non-hydrogen) atoms. The van der Waals surface area contributed by atoms with Crippen LogP contribution >= 0.6 is 15.9 Å². The lowest BCUT2D eigenvalue weighted by Gasteiger charge is -2.14. The number of carbonyl (C=O) groups is 1. The Balaban J connectivity index is 1.42. The molecule has 2 heterocycles. The molecule has 0 bridgehead atoms. The summed E-state index contributed by atoms with van der Waals surface area (Å²) in [6, 6.07) is 11.9. The molecule has 1 aromatic carbocycles. The minimum Gasteiger partial charge on any atom is -0.473 e. The van der Waals surface area contributed by atoms with Crippen LogP contribution in [0.25, 0.3) is 0 Å². The van der Waals surface area contributed by atoms with Gasteiger partial charge in [-0.1, -0.05) is 24.3 Å². The van der Waals surface area contributed by atoms with Crippen LogP contribution in [0, 0.1) is 5.92 Å². The molecule has 1 aliphatic carbocycles. The number of pyridine rings is 1. The third kappa shape index (κ3) is 3.24. The molecule has 1 aromatic heterocycles. The van der Waals surface area contributed by atoms with Gasteiger partial charge in [0.25, 0.3) is 0 Å². The zero-order valence-electron chi connectivity index (χ0n) is 12.7. The third-order valence-corrected chi connectivity index (χ3v) is 4.75. The summed E-state index contributed by atoms with van der Waals surface area (Å²) in [6.45, 7) is 1.96. The summed E-state index contributed by atoms with van der Waals surface area (Å²) in [5, 5.41) is 0. The number of carbonyl (C=O) groups excluding carboxylic acids is 1. The number of rotatable bonds is 4. The van der Waals surface area contributed by atoms with E-state index in [4.69, 9.17) is 4.74 Å². The van der Waals surface area contributed by atoms with Gasteiger partial charge in [-0.3, -0.25) is 4.79 Å². The fraction of sp³-hybridized carbons (Fsp3) is 0.333. The second-order valence-corrected chi connectivity index (χ2v) is 6.97. The van der Waals surface area contributed by atoms with Crippen LogP contribution in [0.5, 0.6) is 5.88 Å². The standard InChI is InChI=1S/C18H17BrN2O2/c19-16-2-1-3-17(20-16)23-11-12-4-5-14-9-21(10-15(14)8-12)18(22)13-6-7-13/h1-5,8,13H,6-7,9-11H2. The maximum atomic E-state index is 12.2. The average molecular weight is 373 g/mol. The van der Waals surface area contributed by atoms with E-state index in [1.165, 1.54) is 11.1 Å². The highest BCUT2D eigenvalue weighted by molar-refractivity contribution is 9.10. The van der Waals surface area contributed by atoms with E-state index in [0.717, 1.165) is 36.1 Å². The fourth-order valence-electron chi connectivity index (χ4n) is 2.91. The molecule has 1 amide bonds. The van der Waals surface area contributed by atoms with Gasteiger partial charge in [0.1, 0.15) is 11.2 Å². The molecule has 5 heteroatoms. The lowest BCUT2D eigenvalue weighted by molar-refractivity contribution is -0.133. The van der Waals surface area contributed by atoms with Crippen molar-refractivity contribution < 1.29 is 9.53 Å². The lowest BCUT2D eigenvalue weighted by atomic mass is 10.1. The summed E-state index contributed by atoms with van der Waals surface area (Å²) < 4.78 is 6.50. The van der Waals surface area contributed by atoms with Gasteiger partial charge < -0.3 is 9.64 Å². The first kappa shape index (κ1) is 14.7. The molecule has 4 nitrogen and oxygen atoms in total. The molecule has 0 unspecified atom stereocenters. The summed E-state index contributed by atoms with van der Waals surface area (Å²) >= 11 is 3.34. The minimum atomic E-state index is 0.287. The predicted molar refractivity (Wildman–Crippen MR) is 89.7 cm³/mol. The normalized spacial score (nSPS) is 16.3. The van der Waals surface area contributed by atoms with Gasteiger partial charge in [0, 0.05) is 25.1 Å². The Morgan fingerprint density at radius 3 is 2.83 bits per heavy atom. The SMILES string of the molecule is O=C(C1CC1)N1Cc2ccc(COc3cccc(Br)n3)cc2C1. The third-order valence-electron chi connectivity index (χ3n) is 4.31. The lowest BCUT2D eigenvalue weighted by Crippen LogP contribution is -2.26. The first-order valence-corrected chi connectivity index (χ1v) is 8.63. The van der Waals surface area contributed by atoms with Crippen LogP contribution in [0.3, 0.4) is 0 Å². The molecule has 1 aliphatic heterocycles. The van der Waals surface area contributed by atoms with Crippen molar-refractivity contribution in [2.45, 2.75) is 32.5 Å². The Bertz CT molecular complexity index is 758. The van der Waals surface area contributed by atoms with E-state index in [0.29, 0.717) is 18.4 Å². The zero-order chi connectivity index (χ0) is 15.8. The molecule has 1 fully saturated rings. The number of hydrogen-bond donors (Lipinski definition) is 0. The highest BCUT2D eigenvalue weighted by atomic mass is 79.9. The molecular weight excluding hydrogens is 356 g/mol. The number of ether oxygens (including phenoxy) is 1. The molecular formula is C18H17BrN2O2. The van der Waals surface area contributed by atoms with Gasteiger partial charge >= 0.3 is 0 Å². The molecule has 0 radical (unpaired) electrons. The molecule has 2 aromatic rings. The largest absolute Gasteiger partial charge is 0.473 e. The fourth-order valence-corrected chi connectivity index (χ4v) is 3.24. The van der Waals surface area contributed by atoms with Crippen LogP contribution in [-0.4, -0.2) is 15.8 Å². The summed E-state index contributed by atoms with van der Waals surface area (Å²) in [6.07, 6.45) is 2.12. The van der Waals surface area contributed by atoms with E-state index in [2.05, 4.69) is 39.1 Å². The summed E-state index contributed by atoms with van der Waals surface area (Å²) in [5.74, 6) is 1.21. The van der Waals surface area contributed by atoms with Crippen LogP contribution in [-0.2, 0) is 24.5 Å². The highest BCUT2D eigenvalue weighted by Crippen LogP contribution is 2.34. The van der Waals surface area contributed by atoms with E-state index in [1.54, 1.807) is 0 Å². The van der Waals surface area contributed by atoms with Crippen LogP contribution in [0.15, 0.2) is 41.0 Å². The molecule has 0 saturated heterocycles. The van der Waals surface area contributed by atoms with Gasteiger partial charge in [0.15, 0.2) is 0 Å². The average Bonchev–Trinajstić information content (AvgIpc) is 3.31. The van der Waals surface area contributed by atoms with E-state index in [9.17, 15) is 4.79 Å². The molecule has 0 spiro atoms. The van der Waals surface area contributed by atoms with E-state index < -0.39 is 0 Å². The zero-order valence-corrected chi connectivity index (χ0v) is 14.3. The van der Waals surface area contributed by atoms with Crippen molar-refractivity contribution in [2.75, 3.05) is 0 Å². The van der Waals surface area contributed by atoms with Gasteiger partial charge in [-0.05, 0) is 51.5 Å². The van der Waals surface area contributed by atoms with Crippen LogP contribution < -0.4 is 4.74 Å². The second-order valence-electron chi connectivity index (χ2n) is 6.16. The second kappa shape index (κ2) is 5.96. The smallest absolute Gasteiger partial charge is 0.226 e. The molecule has 0 atom stereocenters. The van der Waals surface area contributed by atoms with Crippen LogP contribution in [0.4, 0.5) is 0 Å². The van der Waals surface area contributed by atoms with Crippen molar-refractivity contribution in [2.24, 2.45) is 5.92 Å². The van der Waals surface area contributed by atoms with Gasteiger partial charge in [-0.15, -0.1) is 0 Å². The van der Waals surface area contributed by atoms with Gasteiger partial charge in [0.2, 0.25) is 11.8 Å². The summed E-state index contributed by atoms with van der Waals surface area (Å²) in [7, 11) is 0. The van der Waals surface area contributed by atoms with Crippen molar-refractivity contribution in [1.82, 2.24) is 9.88 Å². The van der Waals surface area contributed by atoms with Crippen LogP contribution in [0.2, 0.25) is 0 Å². The molecule has 4 rings (SSSR count). The van der Waals surface area contributed by atoms with Gasteiger partial charge in [-0.2, -0.15) is 0 Å². The number of nitrogens with zero attached hydrogens (tertiary/aromatic N) is 2. The molecule has 0 N–H and O–H groups in total. The number of amides is 1. The Morgan fingerprint density at radius 1 is 1.22 bits per heavy atom. The van der Waals surface area contributed by atoms with E-state index in [-0.39, 0.29) is 5.92 Å². The number of halogens is 1. The number of fused-ring (bicyclic) bond motifs is 1. The number of benzene rings is 1. The Labute approximate surface area is 143 Å². The quantitative estimate of drug-likeness (QED) is 0.768. The van der Waals surface area contributed by atoms with Gasteiger partial charge in [-0.25, -0.2) is 4.98 Å². The summed E-state index contributed by atoms with van der Waals surface area (Å²) in [4.78, 5) is 18.4. The van der Waals surface area contributed by atoms with Crippen LogP contribution in [0.1, 0.15) is 29.5 Å². The number of hydrogen-bond acceptors (Lipinski definition) is 3. The minimum absolute atomic E-state index is 0.287. The monoisotopic (exact) mass is 372 g/mol. The van der Waals surface area contributed by atoms with Crippen molar-refractivity contribution in [3.63, 3.8) is 0 Å². The topological polar surface area (TPSA) is 42.4 Å². The Kier molecular flexibility index (Phi) is 3.81. The van der Waals surface area contributed by atoms with E-state index in [1.807, 2.05) is 23.1 Å². The van der Waals surface area contributed by atoms with Crippen molar-refractivity contribution >= 4 is 21.8 Å². The van der Waals surface area contributed by atoms with Crippen molar-refractivity contribution in [3.8, 4) is 5.88 Å². The first-order valence-electron chi connectivity index (χ1n) is 7.84. The molecule has 1 saturated carbocycles. The Hall–Kier alpha value is -1.88. The van der Waals surface area contributed by atoms with Gasteiger partial charge in [0.05, 0.1) is 0 Å². The van der Waals surface area contributed by atoms with Crippen molar-refractivity contribution in [3.05, 3.63) is 57.7 Å². The predicted octanol–water partition coefficient (Wildman–Crippen LogP) is 3.68. The maximum absolute atomic E-state index is 12.2. The van der Waals surface area contributed by atoms with E-state index >= 15 is 0 Å². The first-order chi connectivity index (χ1) is 11.2. The highest BCUT2D eigenvalue weighted by Gasteiger charge is 2.35. The Morgan fingerprint density at radius 2 is 2.04 bits per heavy atom. The summed E-state index contributed by atoms with van der Waals surface area (Å²) in [5.41, 5.74) is 3.59. The maximum Gasteiger partial charge on any atom is 0.226 e. The number of aromatic nitrogens is 1.